The standard InChI is InChI=1S/C24H25N5O2/c1-16-9-7-8-12-19(16)15-29-22(30)20-21(26(3)24(29)31)25-23-27(17(2)13-28(20)23)14-18-10-5-4-6-11-18/h4-13,20-21H,14-15H2,1-3H3. The van der Waals surface area contributed by atoms with Crippen molar-refractivity contribution in [3.8, 4) is 0 Å². The molecule has 2 atom stereocenters. The number of aryl methyl sites for hydroxylation is 1. The van der Waals surface area contributed by atoms with Crippen molar-refractivity contribution in [1.29, 1.82) is 0 Å². The third-order valence-corrected chi connectivity index (χ3v) is 6.28. The highest BCUT2D eigenvalue weighted by molar-refractivity contribution is 6.04. The lowest BCUT2D eigenvalue weighted by Gasteiger charge is -2.40. The molecule has 0 N–H and O–H groups in total. The Bertz CT molecular complexity index is 1110. The van der Waals surface area contributed by atoms with Crippen LogP contribution < -0.4 is 0 Å². The quantitative estimate of drug-likeness (QED) is 0.770. The number of rotatable bonds is 4. The van der Waals surface area contributed by atoms with Crippen LogP contribution in [0.3, 0.4) is 0 Å². The number of fused-ring (bicyclic) bond motifs is 3. The van der Waals surface area contributed by atoms with Crippen LogP contribution in [0, 0.1) is 6.92 Å². The number of amides is 3. The van der Waals surface area contributed by atoms with Gasteiger partial charge in [-0.2, -0.15) is 0 Å². The summed E-state index contributed by atoms with van der Waals surface area (Å²) in [5.74, 6) is 0.516. The van der Waals surface area contributed by atoms with Crippen molar-refractivity contribution in [1.82, 2.24) is 19.6 Å². The third-order valence-electron chi connectivity index (χ3n) is 6.28. The number of carbonyl (C=O) groups excluding carboxylic acids is 2. The molecule has 3 aliphatic heterocycles. The Labute approximate surface area is 181 Å². The fourth-order valence-corrected chi connectivity index (χ4v) is 4.47. The first-order valence-corrected chi connectivity index (χ1v) is 10.4. The minimum atomic E-state index is -0.544. The van der Waals surface area contributed by atoms with Gasteiger partial charge in [0.2, 0.25) is 5.96 Å². The van der Waals surface area contributed by atoms with Crippen LogP contribution in [0.5, 0.6) is 0 Å². The molecular weight excluding hydrogens is 390 g/mol. The monoisotopic (exact) mass is 415 g/mol. The zero-order valence-corrected chi connectivity index (χ0v) is 17.9. The molecule has 7 nitrogen and oxygen atoms in total. The molecule has 0 aromatic heterocycles. The van der Waals surface area contributed by atoms with E-state index in [2.05, 4.69) is 17.0 Å². The highest BCUT2D eigenvalue weighted by Gasteiger charge is 2.54. The molecule has 3 heterocycles. The predicted molar refractivity (Wildman–Crippen MR) is 117 cm³/mol. The molecule has 0 aliphatic carbocycles. The van der Waals surface area contributed by atoms with Gasteiger partial charge in [0.05, 0.1) is 13.1 Å². The van der Waals surface area contributed by atoms with Crippen molar-refractivity contribution in [3.05, 3.63) is 83.2 Å². The predicted octanol–water partition coefficient (Wildman–Crippen LogP) is 3.13. The van der Waals surface area contributed by atoms with Gasteiger partial charge in [-0.3, -0.25) is 9.69 Å². The molecule has 0 bridgehead atoms. The van der Waals surface area contributed by atoms with Crippen molar-refractivity contribution in [2.75, 3.05) is 7.05 Å². The first-order chi connectivity index (χ1) is 15.0. The van der Waals surface area contributed by atoms with E-state index in [1.807, 2.05) is 67.4 Å². The zero-order valence-electron chi connectivity index (χ0n) is 17.9. The van der Waals surface area contributed by atoms with Crippen molar-refractivity contribution in [2.45, 2.75) is 39.1 Å². The van der Waals surface area contributed by atoms with Gasteiger partial charge in [0.15, 0.2) is 12.2 Å². The number of likely N-dealkylation sites (N-methyl/N-ethyl adjacent to an activating group) is 1. The molecule has 1 fully saturated rings. The van der Waals surface area contributed by atoms with Crippen molar-refractivity contribution in [2.24, 2.45) is 4.99 Å². The van der Waals surface area contributed by atoms with Crippen molar-refractivity contribution < 1.29 is 9.59 Å². The van der Waals surface area contributed by atoms with E-state index in [0.717, 1.165) is 28.3 Å². The van der Waals surface area contributed by atoms with E-state index < -0.39 is 12.2 Å². The maximum Gasteiger partial charge on any atom is 0.328 e. The Hall–Kier alpha value is -3.61. The Morgan fingerprint density at radius 1 is 0.903 bits per heavy atom. The van der Waals surface area contributed by atoms with Gasteiger partial charge in [0, 0.05) is 18.9 Å². The molecule has 5 rings (SSSR count). The summed E-state index contributed by atoms with van der Waals surface area (Å²) in [5, 5.41) is 0. The maximum absolute atomic E-state index is 13.5. The smallest absolute Gasteiger partial charge is 0.310 e. The van der Waals surface area contributed by atoms with Gasteiger partial charge in [-0.25, -0.2) is 9.79 Å². The van der Waals surface area contributed by atoms with Crippen LogP contribution in [0.4, 0.5) is 4.79 Å². The molecule has 3 amide bonds. The van der Waals surface area contributed by atoms with E-state index in [-0.39, 0.29) is 18.5 Å². The Morgan fingerprint density at radius 3 is 2.35 bits per heavy atom. The SMILES string of the molecule is CC1=CN2C(=NC3C2C(=O)N(Cc2ccccc2C)C(=O)N3C)N1Cc1ccccc1. The number of urea groups is 1. The second kappa shape index (κ2) is 7.27. The molecule has 2 aromatic carbocycles. The van der Waals surface area contributed by atoms with Crippen LogP contribution in [0.1, 0.15) is 23.6 Å². The lowest BCUT2D eigenvalue weighted by atomic mass is 10.1. The van der Waals surface area contributed by atoms with Gasteiger partial charge < -0.3 is 14.7 Å². The summed E-state index contributed by atoms with van der Waals surface area (Å²) in [6, 6.07) is 17.1. The number of guanidine groups is 1. The van der Waals surface area contributed by atoms with Gasteiger partial charge in [0.25, 0.3) is 5.91 Å². The van der Waals surface area contributed by atoms with Crippen LogP contribution in [0.25, 0.3) is 0 Å². The highest BCUT2D eigenvalue weighted by Crippen LogP contribution is 2.35. The highest BCUT2D eigenvalue weighted by atomic mass is 16.2. The zero-order chi connectivity index (χ0) is 21.7. The van der Waals surface area contributed by atoms with E-state index in [4.69, 9.17) is 4.99 Å². The summed E-state index contributed by atoms with van der Waals surface area (Å²) in [7, 11) is 1.72. The summed E-state index contributed by atoms with van der Waals surface area (Å²) in [4.78, 5) is 38.4. The van der Waals surface area contributed by atoms with Crippen LogP contribution in [-0.2, 0) is 17.9 Å². The van der Waals surface area contributed by atoms with Gasteiger partial charge in [-0.1, -0.05) is 54.6 Å². The van der Waals surface area contributed by atoms with Gasteiger partial charge in [-0.15, -0.1) is 0 Å². The lowest BCUT2D eigenvalue weighted by Crippen LogP contribution is -2.63. The van der Waals surface area contributed by atoms with Crippen LogP contribution in [-0.4, -0.2) is 56.8 Å². The molecule has 2 unspecified atom stereocenters. The van der Waals surface area contributed by atoms with Crippen LogP contribution in [0.2, 0.25) is 0 Å². The number of allylic oxidation sites excluding steroid dienone is 1. The maximum atomic E-state index is 13.5. The van der Waals surface area contributed by atoms with E-state index in [1.54, 1.807) is 11.9 Å². The summed E-state index contributed by atoms with van der Waals surface area (Å²) in [5.41, 5.74) is 4.21. The average Bonchev–Trinajstić information content (AvgIpc) is 3.28. The van der Waals surface area contributed by atoms with Crippen LogP contribution in [0.15, 0.2) is 71.5 Å². The second-order valence-electron chi connectivity index (χ2n) is 8.28. The van der Waals surface area contributed by atoms with Gasteiger partial charge in [0.1, 0.15) is 0 Å². The molecule has 31 heavy (non-hydrogen) atoms. The number of aliphatic imine (C=N–C) groups is 1. The molecule has 0 saturated carbocycles. The molecule has 0 radical (unpaired) electrons. The molecule has 3 aliphatic rings. The molecule has 158 valence electrons. The first kappa shape index (κ1) is 19.4. The van der Waals surface area contributed by atoms with E-state index in [0.29, 0.717) is 6.54 Å². The lowest BCUT2D eigenvalue weighted by molar-refractivity contribution is -0.137. The molecule has 2 aromatic rings. The number of benzene rings is 2. The molecular formula is C24H25N5O2. The number of hydrogen-bond acceptors (Lipinski definition) is 5. The van der Waals surface area contributed by atoms with Crippen LogP contribution >= 0.6 is 0 Å². The van der Waals surface area contributed by atoms with Gasteiger partial charge in [-0.05, 0) is 30.5 Å². The van der Waals surface area contributed by atoms with Crippen molar-refractivity contribution in [3.63, 3.8) is 0 Å². The van der Waals surface area contributed by atoms with Gasteiger partial charge >= 0.3 is 6.03 Å². The Kier molecular flexibility index (Phi) is 4.54. The summed E-state index contributed by atoms with van der Waals surface area (Å²) < 4.78 is 0. The first-order valence-electron chi connectivity index (χ1n) is 10.4. The Balaban J connectivity index is 1.44. The van der Waals surface area contributed by atoms with E-state index in [1.165, 1.54) is 4.90 Å². The normalized spacial score (nSPS) is 22.5. The molecule has 0 spiro atoms. The molecule has 1 saturated heterocycles. The average molecular weight is 415 g/mol. The third kappa shape index (κ3) is 3.08. The topological polar surface area (TPSA) is 59.5 Å². The fourth-order valence-electron chi connectivity index (χ4n) is 4.47. The summed E-state index contributed by atoms with van der Waals surface area (Å²) >= 11 is 0. The summed E-state index contributed by atoms with van der Waals surface area (Å²) in [6.07, 6.45) is 1.45. The fraction of sp³-hybridized carbons (Fsp3) is 0.292. The van der Waals surface area contributed by atoms with E-state index >= 15 is 0 Å². The minimum Gasteiger partial charge on any atom is -0.310 e. The van der Waals surface area contributed by atoms with Crippen molar-refractivity contribution >= 4 is 17.9 Å². The van der Waals surface area contributed by atoms with E-state index in [9.17, 15) is 9.59 Å². The summed E-state index contributed by atoms with van der Waals surface area (Å²) in [6.45, 7) is 4.94. The Morgan fingerprint density at radius 2 is 1.61 bits per heavy atom. The minimum absolute atomic E-state index is 0.208. The number of nitrogens with zero attached hydrogens (tertiary/aromatic N) is 5. The number of hydrogen-bond donors (Lipinski definition) is 0. The molecule has 7 heteroatoms. The second-order valence-corrected chi connectivity index (χ2v) is 8.28. The number of carbonyl (C=O) groups is 2. The largest absolute Gasteiger partial charge is 0.328 e. The number of imide groups is 1.